The first-order valence-corrected chi connectivity index (χ1v) is 12.1. The zero-order valence-corrected chi connectivity index (χ0v) is 19.5. The number of nitrogens with zero attached hydrogens (tertiary/aromatic N) is 4. The van der Waals surface area contributed by atoms with Gasteiger partial charge in [0, 0.05) is 46.9 Å². The molecule has 9 heteroatoms. The Hall–Kier alpha value is -0.810. The van der Waals surface area contributed by atoms with Gasteiger partial charge in [0.15, 0.2) is 3.83 Å². The Labute approximate surface area is 175 Å². The van der Waals surface area contributed by atoms with Crippen molar-refractivity contribution >= 4 is 44.0 Å². The van der Waals surface area contributed by atoms with Crippen LogP contribution in [-0.2, 0) is 24.0 Å². The predicted octanol–water partition coefficient (Wildman–Crippen LogP) is 2.97. The number of aromatic nitrogens is 2. The van der Waals surface area contributed by atoms with Gasteiger partial charge in [-0.15, -0.1) is 0 Å². The number of carbonyl (C=O) groups is 1. The summed E-state index contributed by atoms with van der Waals surface area (Å²) in [5.41, 5.74) is 0.0806. The Kier molecular flexibility index (Phi) is 5.59. The number of hydrogen-bond donors (Lipinski definition) is 0. The van der Waals surface area contributed by atoms with E-state index in [0.29, 0.717) is 29.9 Å². The molecule has 0 radical (unpaired) electrons. The van der Waals surface area contributed by atoms with Gasteiger partial charge in [-0.3, -0.25) is 4.79 Å². The molecule has 7 nitrogen and oxygen atoms in total. The molecule has 1 unspecified atom stereocenters. The lowest BCUT2D eigenvalue weighted by Crippen LogP contribution is -2.44. The van der Waals surface area contributed by atoms with Crippen LogP contribution in [0.25, 0.3) is 0 Å². The van der Waals surface area contributed by atoms with Crippen LogP contribution in [0.2, 0.25) is 0 Å². The van der Waals surface area contributed by atoms with Gasteiger partial charge in [0.05, 0.1) is 39.4 Å². The van der Waals surface area contributed by atoms with E-state index >= 15 is 0 Å². The van der Waals surface area contributed by atoms with Crippen molar-refractivity contribution in [3.05, 3.63) is 15.6 Å². The van der Waals surface area contributed by atoms with E-state index in [1.807, 2.05) is 6.07 Å². The highest BCUT2D eigenvalue weighted by Crippen LogP contribution is 2.53. The predicted molar refractivity (Wildman–Crippen MR) is 114 cm³/mol. The number of amides is 1. The van der Waals surface area contributed by atoms with E-state index in [1.54, 1.807) is 27.0 Å². The van der Waals surface area contributed by atoms with E-state index < -0.39 is 19.9 Å². The fraction of sp³-hybridized carbons (Fsp3) is 0.722. The van der Waals surface area contributed by atoms with Gasteiger partial charge in [-0.1, -0.05) is 20.8 Å². The highest BCUT2D eigenvalue weighted by Gasteiger charge is 2.54. The molecule has 0 aromatic carbocycles. The monoisotopic (exact) mass is 506 g/mol. The lowest BCUT2D eigenvalue weighted by Gasteiger charge is -2.34. The number of morpholine rings is 1. The molecule has 3 rings (SSSR count). The summed E-state index contributed by atoms with van der Waals surface area (Å²) in [6.07, 6.45) is 3.03. The van der Waals surface area contributed by atoms with E-state index in [1.165, 1.54) is 0 Å². The molecule has 0 bridgehead atoms. The topological polar surface area (TPSA) is 84.8 Å². The normalized spacial score (nSPS) is 24.2. The largest absolute Gasteiger partial charge is 0.377 e. The van der Waals surface area contributed by atoms with Gasteiger partial charge in [-0.25, -0.2) is 14.2 Å². The first-order chi connectivity index (χ1) is 12.5. The lowest BCUT2D eigenvalue weighted by atomic mass is 9.96. The van der Waals surface area contributed by atoms with Crippen molar-refractivity contribution in [3.63, 3.8) is 0 Å². The number of rotatable bonds is 3. The molecule has 1 aliphatic carbocycles. The molecule has 1 aromatic rings. The van der Waals surface area contributed by atoms with Crippen LogP contribution >= 0.6 is 22.6 Å². The Bertz CT molecular complexity index is 870. The lowest BCUT2D eigenvalue weighted by molar-refractivity contribution is -0.124. The number of anilines is 1. The summed E-state index contributed by atoms with van der Waals surface area (Å²) in [6, 6.07) is 2.14. The summed E-state index contributed by atoms with van der Waals surface area (Å²) in [5.74, 6) is 0.496. The van der Waals surface area contributed by atoms with Crippen molar-refractivity contribution in [3.8, 4) is 0 Å². The number of carbonyl (C=O) groups excluding carboxylic acids is 1. The fourth-order valence-electron chi connectivity index (χ4n) is 3.18. The molecule has 27 heavy (non-hydrogen) atoms. The second kappa shape index (κ2) is 7.22. The standard InChI is InChI=1S/C18H27IN4O3S/c1-12-11-26-9-8-23(12)14-10-13(20-16(19)21-14)18(6-7-18)27(5,25)22-15(24)17(2,3)4/h10,12H,6-9,11H2,1-5H3/t12-,27?/m1/s1. The van der Waals surface area contributed by atoms with Gasteiger partial charge in [-0.2, -0.15) is 4.36 Å². The van der Waals surface area contributed by atoms with E-state index in [2.05, 4.69) is 48.7 Å². The van der Waals surface area contributed by atoms with Crippen LogP contribution in [-0.4, -0.2) is 52.1 Å². The fourth-order valence-corrected chi connectivity index (χ4v) is 5.80. The summed E-state index contributed by atoms with van der Waals surface area (Å²) in [6.45, 7) is 9.54. The summed E-state index contributed by atoms with van der Waals surface area (Å²) in [7, 11) is -2.77. The SMILES string of the molecule is C[C@@H]1COCCN1c1cc(C2(S(C)(=O)=NC(=O)C(C)(C)C)CC2)nc(I)n1. The minimum absolute atomic E-state index is 0.214. The molecule has 2 aliphatic rings. The van der Waals surface area contributed by atoms with Gasteiger partial charge in [0.25, 0.3) is 5.91 Å². The maximum atomic E-state index is 13.5. The highest BCUT2D eigenvalue weighted by molar-refractivity contribution is 14.1. The van der Waals surface area contributed by atoms with Crippen LogP contribution in [0.4, 0.5) is 5.82 Å². The van der Waals surface area contributed by atoms with Gasteiger partial charge in [0.2, 0.25) is 0 Å². The maximum Gasteiger partial charge on any atom is 0.259 e. The molecule has 2 fully saturated rings. The minimum atomic E-state index is -2.77. The van der Waals surface area contributed by atoms with Crippen molar-refractivity contribution in [1.82, 2.24) is 9.97 Å². The first-order valence-electron chi connectivity index (χ1n) is 9.12. The molecule has 1 aromatic heterocycles. The van der Waals surface area contributed by atoms with Crippen molar-refractivity contribution in [2.24, 2.45) is 9.78 Å². The summed E-state index contributed by atoms with van der Waals surface area (Å²) < 4.78 is 23.1. The average molecular weight is 506 g/mol. The highest BCUT2D eigenvalue weighted by atomic mass is 127. The zero-order chi connectivity index (χ0) is 20.0. The average Bonchev–Trinajstić information content (AvgIpc) is 3.35. The molecule has 1 amide bonds. The Morgan fingerprint density at radius 3 is 2.63 bits per heavy atom. The van der Waals surface area contributed by atoms with Crippen LogP contribution in [0, 0.1) is 9.25 Å². The molecule has 2 heterocycles. The van der Waals surface area contributed by atoms with Crippen molar-refractivity contribution in [2.75, 3.05) is 30.9 Å². The van der Waals surface area contributed by atoms with Gasteiger partial charge in [0.1, 0.15) is 5.82 Å². The Morgan fingerprint density at radius 1 is 1.41 bits per heavy atom. The minimum Gasteiger partial charge on any atom is -0.377 e. The van der Waals surface area contributed by atoms with Crippen LogP contribution in [0.5, 0.6) is 0 Å². The number of hydrogen-bond acceptors (Lipinski definition) is 6. The van der Waals surface area contributed by atoms with Crippen LogP contribution in [0.1, 0.15) is 46.2 Å². The Morgan fingerprint density at radius 2 is 2.07 bits per heavy atom. The third-order valence-corrected chi connectivity index (χ3v) is 8.21. The second-order valence-electron chi connectivity index (χ2n) is 8.44. The quantitative estimate of drug-likeness (QED) is 0.463. The summed E-state index contributed by atoms with van der Waals surface area (Å²) in [4.78, 5) is 23.8. The summed E-state index contributed by atoms with van der Waals surface area (Å²) >= 11 is 2.10. The molecule has 1 saturated carbocycles. The van der Waals surface area contributed by atoms with E-state index in [0.717, 1.165) is 18.1 Å². The third kappa shape index (κ3) is 4.14. The molecule has 2 atom stereocenters. The van der Waals surface area contributed by atoms with E-state index in [-0.39, 0.29) is 11.9 Å². The molecule has 150 valence electrons. The van der Waals surface area contributed by atoms with Crippen molar-refractivity contribution < 1.29 is 13.7 Å². The smallest absolute Gasteiger partial charge is 0.259 e. The Balaban J connectivity index is 2.02. The second-order valence-corrected chi connectivity index (χ2v) is 12.0. The maximum absolute atomic E-state index is 13.5. The van der Waals surface area contributed by atoms with Crippen LogP contribution in [0.15, 0.2) is 10.4 Å². The van der Waals surface area contributed by atoms with E-state index in [9.17, 15) is 9.00 Å². The molecule has 1 aliphatic heterocycles. The van der Waals surface area contributed by atoms with Crippen molar-refractivity contribution in [1.29, 1.82) is 0 Å². The van der Waals surface area contributed by atoms with Gasteiger partial charge in [-0.05, 0) is 19.8 Å². The van der Waals surface area contributed by atoms with Crippen LogP contribution < -0.4 is 4.90 Å². The third-order valence-electron chi connectivity index (χ3n) is 5.14. The first kappa shape index (κ1) is 20.9. The number of halogens is 1. The van der Waals surface area contributed by atoms with Crippen molar-refractivity contribution in [2.45, 2.75) is 51.3 Å². The zero-order valence-electron chi connectivity index (χ0n) is 16.5. The molecule has 0 N–H and O–H groups in total. The van der Waals surface area contributed by atoms with Gasteiger partial charge >= 0.3 is 0 Å². The molecule has 1 saturated heterocycles. The summed E-state index contributed by atoms with van der Waals surface area (Å²) in [5, 5.41) is 0. The molecular weight excluding hydrogens is 479 g/mol. The van der Waals surface area contributed by atoms with Gasteiger partial charge < -0.3 is 9.64 Å². The van der Waals surface area contributed by atoms with E-state index in [4.69, 9.17) is 4.74 Å². The van der Waals surface area contributed by atoms with Crippen LogP contribution in [0.3, 0.4) is 0 Å². The number of ether oxygens (including phenoxy) is 1. The molecular formula is C18H27IN4O3S. The molecule has 0 spiro atoms.